The molecule has 0 spiro atoms. The van der Waals surface area contributed by atoms with Gasteiger partial charge in [-0.3, -0.25) is 9.36 Å². The Kier molecular flexibility index (Phi) is 4.47. The molecule has 0 aliphatic heterocycles. The summed E-state index contributed by atoms with van der Waals surface area (Å²) in [6, 6.07) is 14.5. The largest absolute Gasteiger partial charge is 0.497 e. The minimum Gasteiger partial charge on any atom is -0.497 e. The predicted molar refractivity (Wildman–Crippen MR) is 103 cm³/mol. The summed E-state index contributed by atoms with van der Waals surface area (Å²) >= 11 is 1.31. The van der Waals surface area contributed by atoms with Crippen LogP contribution in [0.5, 0.6) is 5.75 Å². The number of carbonyl (C=O) groups excluding carboxylic acids is 1. The van der Waals surface area contributed by atoms with Gasteiger partial charge in [0, 0.05) is 10.9 Å². The van der Waals surface area contributed by atoms with Crippen LogP contribution in [-0.2, 0) is 11.3 Å². The molecule has 4 rings (SSSR count). The Hall–Kier alpha value is -3.39. The van der Waals surface area contributed by atoms with Gasteiger partial charge >= 0.3 is 5.76 Å². The minimum atomic E-state index is -0.567. The zero-order valence-corrected chi connectivity index (χ0v) is 15.2. The van der Waals surface area contributed by atoms with E-state index in [1.807, 2.05) is 29.6 Å². The molecule has 0 radical (unpaired) electrons. The van der Waals surface area contributed by atoms with Crippen molar-refractivity contribution in [3.63, 3.8) is 0 Å². The first-order valence-corrected chi connectivity index (χ1v) is 9.00. The van der Waals surface area contributed by atoms with Crippen molar-refractivity contribution in [2.45, 2.75) is 6.54 Å². The van der Waals surface area contributed by atoms with Gasteiger partial charge in [-0.05, 0) is 24.3 Å². The summed E-state index contributed by atoms with van der Waals surface area (Å²) < 4.78 is 11.6. The molecule has 0 aliphatic carbocycles. The zero-order chi connectivity index (χ0) is 18.8. The van der Waals surface area contributed by atoms with E-state index in [0.717, 1.165) is 17.0 Å². The van der Waals surface area contributed by atoms with Crippen LogP contribution < -0.4 is 15.8 Å². The number of hydrogen-bond acceptors (Lipinski definition) is 6. The molecule has 136 valence electrons. The van der Waals surface area contributed by atoms with Gasteiger partial charge in [0.1, 0.15) is 12.3 Å². The third-order valence-corrected chi connectivity index (χ3v) is 4.75. The van der Waals surface area contributed by atoms with E-state index in [0.29, 0.717) is 16.2 Å². The summed E-state index contributed by atoms with van der Waals surface area (Å²) in [7, 11) is 1.60. The van der Waals surface area contributed by atoms with Gasteiger partial charge in [0.15, 0.2) is 10.7 Å². The van der Waals surface area contributed by atoms with Crippen LogP contribution in [0.15, 0.2) is 63.1 Å². The average Bonchev–Trinajstić information content (AvgIpc) is 3.27. The maximum Gasteiger partial charge on any atom is 0.420 e. The van der Waals surface area contributed by atoms with E-state index in [9.17, 15) is 9.59 Å². The molecule has 2 aromatic carbocycles. The normalized spacial score (nSPS) is 10.9. The van der Waals surface area contributed by atoms with Gasteiger partial charge in [-0.25, -0.2) is 9.78 Å². The highest BCUT2D eigenvalue weighted by Gasteiger charge is 2.14. The van der Waals surface area contributed by atoms with Gasteiger partial charge in [-0.1, -0.05) is 24.3 Å². The molecule has 0 saturated carbocycles. The van der Waals surface area contributed by atoms with Gasteiger partial charge in [0.05, 0.1) is 18.3 Å². The molecule has 27 heavy (non-hydrogen) atoms. The second-order valence-electron chi connectivity index (χ2n) is 5.74. The number of oxazole rings is 1. The molecule has 2 aromatic heterocycles. The van der Waals surface area contributed by atoms with Crippen molar-refractivity contribution in [3.05, 3.63) is 64.5 Å². The van der Waals surface area contributed by atoms with Gasteiger partial charge in [-0.15, -0.1) is 11.3 Å². The van der Waals surface area contributed by atoms with Crippen LogP contribution in [0, 0.1) is 0 Å². The summed E-state index contributed by atoms with van der Waals surface area (Å²) in [4.78, 5) is 28.8. The fraction of sp³-hybridized carbons (Fsp3) is 0.105. The highest BCUT2D eigenvalue weighted by atomic mass is 32.1. The van der Waals surface area contributed by atoms with E-state index in [2.05, 4.69) is 10.3 Å². The number of ether oxygens (including phenoxy) is 1. The number of methoxy groups -OCH3 is 1. The lowest BCUT2D eigenvalue weighted by Crippen LogP contribution is -2.24. The summed E-state index contributed by atoms with van der Waals surface area (Å²) in [5.74, 6) is -0.185. The first-order chi connectivity index (χ1) is 13.1. The Morgan fingerprint density at radius 3 is 2.96 bits per heavy atom. The van der Waals surface area contributed by atoms with Crippen LogP contribution in [-0.4, -0.2) is 22.6 Å². The molecule has 0 aliphatic rings. The minimum absolute atomic E-state index is 0.149. The van der Waals surface area contributed by atoms with Crippen LogP contribution >= 0.6 is 11.3 Å². The fourth-order valence-electron chi connectivity index (χ4n) is 2.71. The molecular formula is C19H15N3O4S. The van der Waals surface area contributed by atoms with Crippen molar-refractivity contribution in [1.29, 1.82) is 0 Å². The second-order valence-corrected chi connectivity index (χ2v) is 6.60. The first-order valence-electron chi connectivity index (χ1n) is 8.12. The van der Waals surface area contributed by atoms with Crippen molar-refractivity contribution < 1.29 is 13.9 Å². The van der Waals surface area contributed by atoms with E-state index in [-0.39, 0.29) is 12.5 Å². The third-order valence-electron chi connectivity index (χ3n) is 3.99. The van der Waals surface area contributed by atoms with Crippen LogP contribution in [0.25, 0.3) is 22.4 Å². The molecule has 0 fully saturated rings. The van der Waals surface area contributed by atoms with Gasteiger partial charge in [0.2, 0.25) is 5.91 Å². The maximum absolute atomic E-state index is 12.4. The number of fused-ring (bicyclic) bond motifs is 1. The Morgan fingerprint density at radius 1 is 1.26 bits per heavy atom. The molecule has 0 atom stereocenters. The van der Waals surface area contributed by atoms with Gasteiger partial charge < -0.3 is 14.5 Å². The quantitative estimate of drug-likeness (QED) is 0.573. The molecule has 0 saturated heterocycles. The lowest BCUT2D eigenvalue weighted by Gasteiger charge is -2.03. The van der Waals surface area contributed by atoms with Crippen molar-refractivity contribution in [3.8, 4) is 17.0 Å². The topological polar surface area (TPSA) is 86.4 Å². The van der Waals surface area contributed by atoms with E-state index in [1.54, 1.807) is 31.4 Å². The average molecular weight is 381 g/mol. The molecule has 4 aromatic rings. The monoisotopic (exact) mass is 381 g/mol. The van der Waals surface area contributed by atoms with Crippen molar-refractivity contribution in [2.75, 3.05) is 12.4 Å². The maximum atomic E-state index is 12.4. The molecular weight excluding hydrogens is 366 g/mol. The number of hydrogen-bond donors (Lipinski definition) is 1. The number of amides is 1. The number of nitrogens with one attached hydrogen (secondary N) is 1. The number of benzene rings is 2. The summed E-state index contributed by atoms with van der Waals surface area (Å²) in [5, 5.41) is 5.03. The SMILES string of the molecule is COc1cccc(-c2csc(NC(=O)Cn3c(=O)oc4ccccc43)n2)c1. The summed E-state index contributed by atoms with van der Waals surface area (Å²) in [5.41, 5.74) is 2.65. The standard InChI is InChI=1S/C19H15N3O4S/c1-25-13-6-4-5-12(9-13)14-11-27-18(20-14)21-17(23)10-22-15-7-2-3-8-16(15)26-19(22)24/h2-9,11H,10H2,1H3,(H,20,21,23). The number of para-hydroxylation sites is 2. The number of carbonyl (C=O) groups is 1. The highest BCUT2D eigenvalue weighted by Crippen LogP contribution is 2.27. The highest BCUT2D eigenvalue weighted by molar-refractivity contribution is 7.14. The molecule has 0 unspecified atom stereocenters. The summed E-state index contributed by atoms with van der Waals surface area (Å²) in [6.45, 7) is -0.149. The van der Waals surface area contributed by atoms with Crippen molar-refractivity contribution in [1.82, 2.24) is 9.55 Å². The number of aromatic nitrogens is 2. The lowest BCUT2D eigenvalue weighted by molar-refractivity contribution is -0.116. The van der Waals surface area contributed by atoms with Gasteiger partial charge in [-0.2, -0.15) is 0 Å². The Bertz CT molecular complexity index is 1170. The lowest BCUT2D eigenvalue weighted by atomic mass is 10.2. The summed E-state index contributed by atoms with van der Waals surface area (Å²) in [6.07, 6.45) is 0. The van der Waals surface area contributed by atoms with Crippen LogP contribution in [0.2, 0.25) is 0 Å². The van der Waals surface area contributed by atoms with Crippen LogP contribution in [0.3, 0.4) is 0 Å². The Morgan fingerprint density at radius 2 is 2.11 bits per heavy atom. The van der Waals surface area contributed by atoms with E-state index in [4.69, 9.17) is 9.15 Å². The number of nitrogens with zero attached hydrogens (tertiary/aromatic N) is 2. The predicted octanol–water partition coefficient (Wildman–Crippen LogP) is 3.37. The number of thiazole rings is 1. The van der Waals surface area contributed by atoms with Crippen LogP contribution in [0.1, 0.15) is 0 Å². The third kappa shape index (κ3) is 3.47. The second kappa shape index (κ2) is 7.08. The Labute approximate surface area is 157 Å². The fourth-order valence-corrected chi connectivity index (χ4v) is 3.45. The smallest absolute Gasteiger partial charge is 0.420 e. The van der Waals surface area contributed by atoms with Gasteiger partial charge in [0.25, 0.3) is 0 Å². The van der Waals surface area contributed by atoms with Crippen molar-refractivity contribution in [2.24, 2.45) is 0 Å². The first kappa shape index (κ1) is 17.0. The molecule has 1 amide bonds. The number of anilines is 1. The zero-order valence-electron chi connectivity index (χ0n) is 14.3. The number of rotatable bonds is 5. The van der Waals surface area contributed by atoms with E-state index < -0.39 is 5.76 Å². The van der Waals surface area contributed by atoms with Crippen LogP contribution in [0.4, 0.5) is 5.13 Å². The molecule has 1 N–H and O–H groups in total. The molecule has 7 nitrogen and oxygen atoms in total. The Balaban J connectivity index is 1.51. The molecule has 2 heterocycles. The van der Waals surface area contributed by atoms with E-state index >= 15 is 0 Å². The van der Waals surface area contributed by atoms with Crippen molar-refractivity contribution >= 4 is 33.5 Å². The van der Waals surface area contributed by atoms with E-state index in [1.165, 1.54) is 15.9 Å². The molecule has 8 heteroatoms. The molecule has 0 bridgehead atoms.